The number of quaternary nitrogens is 1. The van der Waals surface area contributed by atoms with Gasteiger partial charge in [0.1, 0.15) is 0 Å². The number of carbonyl (C=O) groups excluding carboxylic acids is 1. The van der Waals surface area contributed by atoms with Crippen molar-refractivity contribution in [3.05, 3.63) is 0 Å². The first-order valence-electron chi connectivity index (χ1n) is 9.83. The summed E-state index contributed by atoms with van der Waals surface area (Å²) in [5, 5.41) is 10.0. The number of unbranched alkanes of at least 4 members (excludes halogenated alkanes) is 10. The number of nitrogens with zero attached hydrogens (tertiary/aromatic N) is 1. The lowest BCUT2D eigenvalue weighted by molar-refractivity contribution is -0.870. The summed E-state index contributed by atoms with van der Waals surface area (Å²) < 4.78 is 1.12. The third kappa shape index (κ3) is 30.0. The number of carbonyl (C=O) groups is 1. The van der Waals surface area contributed by atoms with Gasteiger partial charge in [-0.3, -0.25) is 0 Å². The molecule has 3 nitrogen and oxygen atoms in total. The first-order valence-corrected chi connectivity index (χ1v) is 9.83. The molecule has 0 spiro atoms. The van der Waals surface area contributed by atoms with Crippen LogP contribution in [0, 0.1) is 0 Å². The van der Waals surface area contributed by atoms with Gasteiger partial charge in [-0.05, 0) is 25.7 Å². The van der Waals surface area contributed by atoms with Crippen LogP contribution in [0.1, 0.15) is 97.3 Å². The molecular formula is C20H43NO2. The van der Waals surface area contributed by atoms with E-state index in [2.05, 4.69) is 35.0 Å². The standard InChI is InChI=1S/C10H24N.C10H20O2/c1-5-6-7-8-9-10-11(2,3)4;1-2-3-4-5-6-7-8-9-10(11)12/h5-10H2,1-4H3;2-9H2,1H3,(H,11,12)/q+1;/p-1. The first-order chi connectivity index (χ1) is 10.8. The molecule has 0 atom stereocenters. The van der Waals surface area contributed by atoms with E-state index in [9.17, 15) is 9.90 Å². The highest BCUT2D eigenvalue weighted by Crippen LogP contribution is 2.07. The number of aliphatic carboxylic acids is 1. The largest absolute Gasteiger partial charge is 0.550 e. The van der Waals surface area contributed by atoms with Crippen molar-refractivity contribution < 1.29 is 14.4 Å². The summed E-state index contributed by atoms with van der Waals surface area (Å²) in [5.41, 5.74) is 0. The monoisotopic (exact) mass is 329 g/mol. The smallest absolute Gasteiger partial charge is 0.0780 e. The van der Waals surface area contributed by atoms with Gasteiger partial charge in [0.05, 0.1) is 27.7 Å². The van der Waals surface area contributed by atoms with Gasteiger partial charge in [0.25, 0.3) is 0 Å². The second kappa shape index (κ2) is 17.8. The molecule has 0 aliphatic rings. The van der Waals surface area contributed by atoms with Gasteiger partial charge < -0.3 is 14.4 Å². The van der Waals surface area contributed by atoms with Gasteiger partial charge in [-0.2, -0.15) is 0 Å². The summed E-state index contributed by atoms with van der Waals surface area (Å²) in [6, 6.07) is 0. The van der Waals surface area contributed by atoms with E-state index in [0.717, 1.165) is 17.3 Å². The molecule has 0 aliphatic heterocycles. The number of carboxylic acids is 1. The lowest BCUT2D eigenvalue weighted by Crippen LogP contribution is -2.35. The summed E-state index contributed by atoms with van der Waals surface area (Å²) in [6.07, 6.45) is 15.3. The van der Waals surface area contributed by atoms with Crippen molar-refractivity contribution in [1.82, 2.24) is 0 Å². The highest BCUT2D eigenvalue weighted by Gasteiger charge is 2.04. The molecular weight excluding hydrogens is 286 g/mol. The lowest BCUT2D eigenvalue weighted by atomic mass is 10.1. The molecule has 140 valence electrons. The van der Waals surface area contributed by atoms with Gasteiger partial charge in [0.2, 0.25) is 0 Å². The Morgan fingerprint density at radius 3 is 1.48 bits per heavy atom. The Balaban J connectivity index is 0. The first kappa shape index (κ1) is 24.7. The molecule has 0 amide bonds. The SMILES string of the molecule is CCCCCCCCCC(=O)[O-].CCCCCCC[N+](C)(C)C. The Labute approximate surface area is 146 Å². The van der Waals surface area contributed by atoms with Crippen LogP contribution in [0.5, 0.6) is 0 Å². The highest BCUT2D eigenvalue weighted by molar-refractivity contribution is 5.63. The van der Waals surface area contributed by atoms with E-state index < -0.39 is 5.97 Å². The topological polar surface area (TPSA) is 40.1 Å². The van der Waals surface area contributed by atoms with Crippen molar-refractivity contribution in [3.63, 3.8) is 0 Å². The molecule has 0 radical (unpaired) electrons. The lowest BCUT2D eigenvalue weighted by Gasteiger charge is -2.23. The molecule has 23 heavy (non-hydrogen) atoms. The van der Waals surface area contributed by atoms with E-state index in [1.165, 1.54) is 70.8 Å². The maximum absolute atomic E-state index is 10.0. The van der Waals surface area contributed by atoms with E-state index in [1.807, 2.05) is 0 Å². The van der Waals surface area contributed by atoms with Crippen molar-refractivity contribution in [2.75, 3.05) is 27.7 Å². The second-order valence-corrected chi connectivity index (χ2v) is 7.67. The van der Waals surface area contributed by atoms with E-state index in [-0.39, 0.29) is 6.42 Å². The van der Waals surface area contributed by atoms with Crippen LogP contribution < -0.4 is 5.11 Å². The summed E-state index contributed by atoms with van der Waals surface area (Å²) in [4.78, 5) is 10.0. The van der Waals surface area contributed by atoms with Gasteiger partial charge in [-0.15, -0.1) is 0 Å². The minimum Gasteiger partial charge on any atom is -0.550 e. The van der Waals surface area contributed by atoms with Crippen molar-refractivity contribution in [1.29, 1.82) is 0 Å². The molecule has 0 saturated carbocycles. The average molecular weight is 330 g/mol. The molecule has 0 aromatic carbocycles. The number of rotatable bonds is 14. The molecule has 0 heterocycles. The average Bonchev–Trinajstić information content (AvgIpc) is 2.45. The fraction of sp³-hybridized carbons (Fsp3) is 0.950. The molecule has 0 N–H and O–H groups in total. The zero-order chi connectivity index (χ0) is 18.0. The van der Waals surface area contributed by atoms with E-state index >= 15 is 0 Å². The van der Waals surface area contributed by atoms with E-state index in [1.54, 1.807) is 0 Å². The van der Waals surface area contributed by atoms with Crippen molar-refractivity contribution >= 4 is 5.97 Å². The van der Waals surface area contributed by atoms with E-state index in [4.69, 9.17) is 0 Å². The van der Waals surface area contributed by atoms with Crippen LogP contribution in [0.3, 0.4) is 0 Å². The summed E-state index contributed by atoms with van der Waals surface area (Å²) in [6.45, 7) is 5.78. The van der Waals surface area contributed by atoms with Crippen LogP contribution in [0.15, 0.2) is 0 Å². The molecule has 0 bridgehead atoms. The quantitative estimate of drug-likeness (QED) is 0.347. The molecule has 0 aromatic heterocycles. The highest BCUT2D eigenvalue weighted by atomic mass is 16.4. The molecule has 0 rings (SSSR count). The van der Waals surface area contributed by atoms with Crippen LogP contribution in [0.2, 0.25) is 0 Å². The Morgan fingerprint density at radius 2 is 1.09 bits per heavy atom. The maximum Gasteiger partial charge on any atom is 0.0780 e. The fourth-order valence-corrected chi connectivity index (χ4v) is 2.42. The maximum atomic E-state index is 10.0. The Bertz CT molecular complexity index is 247. The molecule has 3 heteroatoms. The molecule has 0 aromatic rings. The number of hydrogen-bond donors (Lipinski definition) is 0. The van der Waals surface area contributed by atoms with Crippen molar-refractivity contribution in [2.45, 2.75) is 97.3 Å². The van der Waals surface area contributed by atoms with Crippen LogP contribution in [-0.4, -0.2) is 38.1 Å². The Morgan fingerprint density at radius 1 is 0.696 bits per heavy atom. The van der Waals surface area contributed by atoms with Crippen LogP contribution in [0.4, 0.5) is 0 Å². The molecule has 0 aliphatic carbocycles. The van der Waals surface area contributed by atoms with Crippen LogP contribution in [0.25, 0.3) is 0 Å². The Kier molecular flexibility index (Phi) is 19.1. The summed E-state index contributed by atoms with van der Waals surface area (Å²) in [5.74, 6) is -0.913. The van der Waals surface area contributed by atoms with Crippen LogP contribution in [-0.2, 0) is 4.79 Å². The molecule has 0 fully saturated rings. The number of carboxylic acid groups (broad SMARTS) is 1. The van der Waals surface area contributed by atoms with Gasteiger partial charge in [0, 0.05) is 5.97 Å². The third-order valence-electron chi connectivity index (χ3n) is 3.92. The van der Waals surface area contributed by atoms with E-state index in [0.29, 0.717) is 0 Å². The Hall–Kier alpha value is -0.570. The predicted octanol–water partition coefficient (Wildman–Crippen LogP) is 4.54. The number of hydrogen-bond acceptors (Lipinski definition) is 2. The normalized spacial score (nSPS) is 11.0. The summed E-state index contributed by atoms with van der Waals surface area (Å²) >= 11 is 0. The van der Waals surface area contributed by atoms with Gasteiger partial charge in [0.15, 0.2) is 0 Å². The van der Waals surface area contributed by atoms with Gasteiger partial charge >= 0.3 is 0 Å². The van der Waals surface area contributed by atoms with Gasteiger partial charge in [-0.25, -0.2) is 0 Å². The minimum absolute atomic E-state index is 0.230. The minimum atomic E-state index is -0.913. The molecule has 0 unspecified atom stereocenters. The summed E-state index contributed by atoms with van der Waals surface area (Å²) in [7, 11) is 6.79. The predicted molar refractivity (Wildman–Crippen MR) is 99.3 cm³/mol. The van der Waals surface area contributed by atoms with Crippen LogP contribution >= 0.6 is 0 Å². The fourth-order valence-electron chi connectivity index (χ4n) is 2.42. The zero-order valence-corrected chi connectivity index (χ0v) is 16.7. The zero-order valence-electron chi connectivity index (χ0n) is 16.7. The van der Waals surface area contributed by atoms with Crippen molar-refractivity contribution in [2.24, 2.45) is 0 Å². The van der Waals surface area contributed by atoms with Gasteiger partial charge in [-0.1, -0.05) is 71.6 Å². The third-order valence-corrected chi connectivity index (χ3v) is 3.92. The second-order valence-electron chi connectivity index (χ2n) is 7.67. The molecule has 0 saturated heterocycles. The van der Waals surface area contributed by atoms with Crippen molar-refractivity contribution in [3.8, 4) is 0 Å².